The van der Waals surface area contributed by atoms with Crippen LogP contribution in [0.2, 0.25) is 0 Å². The van der Waals surface area contributed by atoms with Crippen molar-refractivity contribution < 1.29 is 19.1 Å². The second kappa shape index (κ2) is 9.02. The number of ether oxygens (including phenoxy) is 2. The number of hydrogen-bond acceptors (Lipinski definition) is 4. The summed E-state index contributed by atoms with van der Waals surface area (Å²) in [7, 11) is 1.50. The first-order valence-corrected chi connectivity index (χ1v) is 9.22. The Labute approximate surface area is 170 Å². The minimum Gasteiger partial charge on any atom is -0.493 e. The predicted octanol–water partition coefficient (Wildman–Crippen LogP) is 5.43. The first-order chi connectivity index (χ1) is 14.0. The quantitative estimate of drug-likeness (QED) is 0.245. The zero-order valence-electron chi connectivity index (χ0n) is 16.6. The summed E-state index contributed by atoms with van der Waals surface area (Å²) < 4.78 is 10.8. The maximum atomic E-state index is 12.3. The molecule has 0 aliphatic carbocycles. The number of rotatable bonds is 6. The molecule has 3 aromatic carbocycles. The van der Waals surface area contributed by atoms with Gasteiger partial charge >= 0.3 is 5.97 Å². The lowest BCUT2D eigenvalue weighted by Gasteiger charge is -2.10. The van der Waals surface area contributed by atoms with Crippen molar-refractivity contribution in [3.05, 3.63) is 101 Å². The molecule has 0 bridgehead atoms. The SMILES string of the molecule is COc1cc(C=CC(=O)c2ccc(C)cc2)ccc1OC(=O)c1ccc(C)cc1. The molecule has 0 amide bonds. The molecule has 3 aromatic rings. The van der Waals surface area contributed by atoms with Crippen LogP contribution in [0, 0.1) is 13.8 Å². The minimum absolute atomic E-state index is 0.0844. The van der Waals surface area contributed by atoms with Gasteiger partial charge in [0, 0.05) is 5.56 Å². The molecule has 0 unspecified atom stereocenters. The van der Waals surface area contributed by atoms with Crippen molar-refractivity contribution in [2.24, 2.45) is 0 Å². The molecule has 0 saturated carbocycles. The van der Waals surface area contributed by atoms with Gasteiger partial charge in [-0.25, -0.2) is 4.79 Å². The van der Waals surface area contributed by atoms with E-state index in [9.17, 15) is 9.59 Å². The Morgan fingerprint density at radius 2 is 1.34 bits per heavy atom. The van der Waals surface area contributed by atoms with Gasteiger partial charge in [0.15, 0.2) is 17.3 Å². The Hall–Kier alpha value is -3.66. The molecule has 0 aromatic heterocycles. The van der Waals surface area contributed by atoms with Gasteiger partial charge in [0.2, 0.25) is 0 Å². The standard InChI is InChI=1S/C25H22O4/c1-17-4-10-20(11-5-17)22(26)14-8-19-9-15-23(24(16-19)28-3)29-25(27)21-12-6-18(2)7-13-21/h4-16H,1-3H3. The van der Waals surface area contributed by atoms with Crippen LogP contribution in [-0.2, 0) is 0 Å². The smallest absolute Gasteiger partial charge is 0.343 e. The number of hydrogen-bond donors (Lipinski definition) is 0. The van der Waals surface area contributed by atoms with Gasteiger partial charge in [0.1, 0.15) is 0 Å². The Bertz CT molecular complexity index is 1050. The molecule has 0 radical (unpaired) electrons. The normalized spacial score (nSPS) is 10.7. The summed E-state index contributed by atoms with van der Waals surface area (Å²) in [5.74, 6) is 0.190. The van der Waals surface area contributed by atoms with Crippen molar-refractivity contribution in [3.8, 4) is 11.5 Å². The summed E-state index contributed by atoms with van der Waals surface area (Å²) in [4.78, 5) is 24.6. The van der Waals surface area contributed by atoms with Crippen LogP contribution < -0.4 is 9.47 Å². The second-order valence-corrected chi connectivity index (χ2v) is 6.73. The van der Waals surface area contributed by atoms with Crippen LogP contribution in [0.5, 0.6) is 11.5 Å². The van der Waals surface area contributed by atoms with E-state index in [1.54, 1.807) is 48.5 Å². The molecule has 0 aliphatic rings. The molecule has 0 heterocycles. The van der Waals surface area contributed by atoms with Crippen molar-refractivity contribution in [2.75, 3.05) is 7.11 Å². The highest BCUT2D eigenvalue weighted by molar-refractivity contribution is 6.06. The molecule has 0 spiro atoms. The second-order valence-electron chi connectivity index (χ2n) is 6.73. The summed E-state index contributed by atoms with van der Waals surface area (Å²) >= 11 is 0. The van der Waals surface area contributed by atoms with Crippen LogP contribution in [0.25, 0.3) is 6.08 Å². The van der Waals surface area contributed by atoms with Crippen molar-refractivity contribution in [2.45, 2.75) is 13.8 Å². The fraction of sp³-hybridized carbons (Fsp3) is 0.120. The third kappa shape index (κ3) is 5.20. The van der Waals surface area contributed by atoms with Crippen LogP contribution >= 0.6 is 0 Å². The average molecular weight is 386 g/mol. The number of ketones is 1. The van der Waals surface area contributed by atoms with Gasteiger partial charge in [-0.05, 0) is 49.8 Å². The number of carbonyl (C=O) groups is 2. The number of carbonyl (C=O) groups excluding carboxylic acids is 2. The van der Waals surface area contributed by atoms with E-state index in [1.165, 1.54) is 13.2 Å². The number of esters is 1. The molecule has 0 aliphatic heterocycles. The van der Waals surface area contributed by atoms with E-state index in [-0.39, 0.29) is 5.78 Å². The maximum absolute atomic E-state index is 12.3. The zero-order valence-corrected chi connectivity index (χ0v) is 16.6. The molecule has 146 valence electrons. The molecule has 0 fully saturated rings. The lowest BCUT2D eigenvalue weighted by molar-refractivity contribution is 0.0729. The fourth-order valence-corrected chi connectivity index (χ4v) is 2.71. The number of allylic oxidation sites excluding steroid dienone is 1. The van der Waals surface area contributed by atoms with Gasteiger partial charge in [-0.1, -0.05) is 59.7 Å². The molecule has 0 N–H and O–H groups in total. The first kappa shape index (κ1) is 20.1. The van der Waals surface area contributed by atoms with Gasteiger partial charge in [-0.15, -0.1) is 0 Å². The van der Waals surface area contributed by atoms with Crippen LogP contribution in [0.15, 0.2) is 72.8 Å². The van der Waals surface area contributed by atoms with Gasteiger partial charge in [0.25, 0.3) is 0 Å². The largest absolute Gasteiger partial charge is 0.493 e. The first-order valence-electron chi connectivity index (χ1n) is 9.22. The molecule has 4 nitrogen and oxygen atoms in total. The zero-order chi connectivity index (χ0) is 20.8. The van der Waals surface area contributed by atoms with E-state index in [1.807, 2.05) is 38.1 Å². The predicted molar refractivity (Wildman–Crippen MR) is 114 cm³/mol. The van der Waals surface area contributed by atoms with Crippen LogP contribution in [0.3, 0.4) is 0 Å². The molecule has 0 atom stereocenters. The van der Waals surface area contributed by atoms with E-state index in [4.69, 9.17) is 9.47 Å². The number of aryl methyl sites for hydroxylation is 2. The van der Waals surface area contributed by atoms with Gasteiger partial charge in [-0.2, -0.15) is 0 Å². The monoisotopic (exact) mass is 386 g/mol. The van der Waals surface area contributed by atoms with Crippen molar-refractivity contribution >= 4 is 17.8 Å². The molecule has 29 heavy (non-hydrogen) atoms. The van der Waals surface area contributed by atoms with Gasteiger partial charge in [-0.3, -0.25) is 4.79 Å². The van der Waals surface area contributed by atoms with Crippen LogP contribution in [0.4, 0.5) is 0 Å². The molecule has 0 saturated heterocycles. The Kier molecular flexibility index (Phi) is 6.25. The summed E-state index contributed by atoms with van der Waals surface area (Å²) in [6, 6.07) is 19.7. The van der Waals surface area contributed by atoms with E-state index < -0.39 is 5.97 Å². The third-order valence-electron chi connectivity index (χ3n) is 4.44. The number of benzene rings is 3. The Morgan fingerprint density at radius 1 is 0.759 bits per heavy atom. The van der Waals surface area contributed by atoms with E-state index in [0.29, 0.717) is 22.6 Å². The van der Waals surface area contributed by atoms with Crippen molar-refractivity contribution in [1.82, 2.24) is 0 Å². The highest BCUT2D eigenvalue weighted by atomic mass is 16.6. The fourth-order valence-electron chi connectivity index (χ4n) is 2.71. The van der Waals surface area contributed by atoms with Crippen LogP contribution in [0.1, 0.15) is 37.4 Å². The molecular formula is C25H22O4. The lowest BCUT2D eigenvalue weighted by atomic mass is 10.1. The average Bonchev–Trinajstić information content (AvgIpc) is 2.73. The highest BCUT2D eigenvalue weighted by Crippen LogP contribution is 2.29. The highest BCUT2D eigenvalue weighted by Gasteiger charge is 2.12. The van der Waals surface area contributed by atoms with E-state index in [0.717, 1.165) is 16.7 Å². The third-order valence-corrected chi connectivity index (χ3v) is 4.44. The van der Waals surface area contributed by atoms with Crippen LogP contribution in [-0.4, -0.2) is 18.9 Å². The Balaban J connectivity index is 1.74. The summed E-state index contributed by atoms with van der Waals surface area (Å²) in [6.07, 6.45) is 3.22. The number of methoxy groups -OCH3 is 1. The Morgan fingerprint density at radius 3 is 1.93 bits per heavy atom. The van der Waals surface area contributed by atoms with Crippen molar-refractivity contribution in [1.29, 1.82) is 0 Å². The molecule has 4 heteroatoms. The molecular weight excluding hydrogens is 364 g/mol. The summed E-state index contributed by atoms with van der Waals surface area (Å²) in [5.41, 5.74) is 4.02. The summed E-state index contributed by atoms with van der Waals surface area (Å²) in [5, 5.41) is 0. The maximum Gasteiger partial charge on any atom is 0.343 e. The summed E-state index contributed by atoms with van der Waals surface area (Å²) in [6.45, 7) is 3.93. The minimum atomic E-state index is -0.457. The lowest BCUT2D eigenvalue weighted by Crippen LogP contribution is -2.09. The van der Waals surface area contributed by atoms with E-state index in [2.05, 4.69) is 0 Å². The van der Waals surface area contributed by atoms with Crippen molar-refractivity contribution in [3.63, 3.8) is 0 Å². The topological polar surface area (TPSA) is 52.6 Å². The van der Waals surface area contributed by atoms with Gasteiger partial charge in [0.05, 0.1) is 12.7 Å². The van der Waals surface area contributed by atoms with E-state index >= 15 is 0 Å². The molecule has 3 rings (SSSR count). The van der Waals surface area contributed by atoms with Gasteiger partial charge < -0.3 is 9.47 Å².